The molecule has 1 heterocycles. The van der Waals surface area contributed by atoms with Gasteiger partial charge in [0, 0.05) is 25.3 Å². The van der Waals surface area contributed by atoms with Gasteiger partial charge in [-0.1, -0.05) is 13.3 Å². The van der Waals surface area contributed by atoms with E-state index in [9.17, 15) is 8.42 Å². The largest absolute Gasteiger partial charge is 0.379 e. The average molecular weight is 358 g/mol. The van der Waals surface area contributed by atoms with Crippen LogP contribution in [0.1, 0.15) is 19.8 Å². The molecule has 0 atom stereocenters. The lowest BCUT2D eigenvalue weighted by Crippen LogP contribution is -2.40. The minimum Gasteiger partial charge on any atom is -0.379 e. The lowest BCUT2D eigenvalue weighted by atomic mass is 10.3. The van der Waals surface area contributed by atoms with Crippen LogP contribution in [0.3, 0.4) is 0 Å². The molecule has 1 aliphatic rings. The predicted octanol–water partition coefficient (Wildman–Crippen LogP) is 1.79. The molecule has 6 nitrogen and oxygen atoms in total. The standard InChI is InChI=1S/C15H23N3O3S2/c1-2-3-8-16-15(22)17-13-4-6-14(7-5-13)23(19,20)18-9-11-21-12-10-18/h4-7H,2-3,8-12H2,1H3,(H2,16,17,22). The number of thiocarbonyl (C=S) groups is 1. The van der Waals surface area contributed by atoms with Gasteiger partial charge in [0.2, 0.25) is 10.0 Å². The Morgan fingerprint density at radius 1 is 1.26 bits per heavy atom. The van der Waals surface area contributed by atoms with Gasteiger partial charge in [0.15, 0.2) is 5.11 Å². The maximum atomic E-state index is 12.5. The van der Waals surface area contributed by atoms with Crippen LogP contribution in [0, 0.1) is 0 Å². The summed E-state index contributed by atoms with van der Waals surface area (Å²) in [6.45, 7) is 4.62. The molecule has 1 saturated heterocycles. The molecule has 1 aromatic carbocycles. The maximum Gasteiger partial charge on any atom is 0.243 e. The van der Waals surface area contributed by atoms with Crippen LogP contribution < -0.4 is 10.6 Å². The Bertz CT molecular complexity index is 611. The molecule has 0 spiro atoms. The highest BCUT2D eigenvalue weighted by atomic mass is 32.2. The molecule has 0 radical (unpaired) electrons. The average Bonchev–Trinajstić information content (AvgIpc) is 2.56. The maximum absolute atomic E-state index is 12.5. The van der Waals surface area contributed by atoms with E-state index in [1.165, 1.54) is 4.31 Å². The molecule has 1 fully saturated rings. The van der Waals surface area contributed by atoms with Crippen LogP contribution in [0.15, 0.2) is 29.2 Å². The number of anilines is 1. The van der Waals surface area contributed by atoms with Gasteiger partial charge in [0.1, 0.15) is 0 Å². The van der Waals surface area contributed by atoms with Gasteiger partial charge in [-0.3, -0.25) is 0 Å². The third-order valence-corrected chi connectivity index (χ3v) is 5.70. The normalized spacial score (nSPS) is 16.0. The molecule has 1 aliphatic heterocycles. The molecule has 0 unspecified atom stereocenters. The topological polar surface area (TPSA) is 70.7 Å². The molecule has 2 N–H and O–H groups in total. The third-order valence-electron chi connectivity index (χ3n) is 3.54. The summed E-state index contributed by atoms with van der Waals surface area (Å²) in [5.41, 5.74) is 0.764. The summed E-state index contributed by atoms with van der Waals surface area (Å²) in [7, 11) is -3.45. The molecule has 0 aromatic heterocycles. The third kappa shape index (κ3) is 5.13. The number of benzene rings is 1. The van der Waals surface area contributed by atoms with Gasteiger partial charge in [0.25, 0.3) is 0 Å². The van der Waals surface area contributed by atoms with Crippen LogP contribution in [0.25, 0.3) is 0 Å². The first-order valence-electron chi connectivity index (χ1n) is 7.77. The molecule has 0 amide bonds. The van der Waals surface area contributed by atoms with Gasteiger partial charge in [-0.25, -0.2) is 8.42 Å². The van der Waals surface area contributed by atoms with Crippen LogP contribution in [0.2, 0.25) is 0 Å². The van der Waals surface area contributed by atoms with Crippen molar-refractivity contribution in [2.45, 2.75) is 24.7 Å². The van der Waals surface area contributed by atoms with Crippen LogP contribution in [0.5, 0.6) is 0 Å². The summed E-state index contributed by atoms with van der Waals surface area (Å²) in [5.74, 6) is 0. The Kier molecular flexibility index (Phi) is 6.76. The van der Waals surface area contributed by atoms with Gasteiger partial charge in [-0.2, -0.15) is 4.31 Å². The van der Waals surface area contributed by atoms with E-state index in [-0.39, 0.29) is 4.90 Å². The first kappa shape index (κ1) is 18.1. The minimum atomic E-state index is -3.45. The number of unbranched alkanes of at least 4 members (excludes halogenated alkanes) is 1. The predicted molar refractivity (Wildman–Crippen MR) is 95.2 cm³/mol. The van der Waals surface area contributed by atoms with E-state index in [0.29, 0.717) is 31.4 Å². The summed E-state index contributed by atoms with van der Waals surface area (Å²) >= 11 is 5.20. The summed E-state index contributed by atoms with van der Waals surface area (Å²) in [6, 6.07) is 6.64. The zero-order valence-electron chi connectivity index (χ0n) is 13.2. The van der Waals surface area contributed by atoms with E-state index in [4.69, 9.17) is 17.0 Å². The van der Waals surface area contributed by atoms with Crippen LogP contribution >= 0.6 is 12.2 Å². The lowest BCUT2D eigenvalue weighted by Gasteiger charge is -2.26. The summed E-state index contributed by atoms with van der Waals surface area (Å²) in [5, 5.41) is 6.70. The molecule has 0 aliphatic carbocycles. The molecule has 23 heavy (non-hydrogen) atoms. The number of hydrogen-bond donors (Lipinski definition) is 2. The van der Waals surface area contributed by atoms with Crippen molar-refractivity contribution in [2.75, 3.05) is 38.2 Å². The van der Waals surface area contributed by atoms with E-state index >= 15 is 0 Å². The Balaban J connectivity index is 1.97. The fourth-order valence-electron chi connectivity index (χ4n) is 2.20. The molecule has 8 heteroatoms. The Morgan fingerprint density at radius 2 is 1.91 bits per heavy atom. The van der Waals surface area contributed by atoms with Crippen molar-refractivity contribution >= 4 is 33.0 Å². The molecule has 2 rings (SSSR count). The van der Waals surface area contributed by atoms with Crippen LogP contribution in [0.4, 0.5) is 5.69 Å². The van der Waals surface area contributed by atoms with Gasteiger partial charge in [-0.05, 0) is 42.9 Å². The fraction of sp³-hybridized carbons (Fsp3) is 0.533. The second-order valence-electron chi connectivity index (χ2n) is 5.28. The first-order chi connectivity index (χ1) is 11.0. The molecule has 128 valence electrons. The summed E-state index contributed by atoms with van der Waals surface area (Å²) < 4.78 is 31.7. The van der Waals surface area contributed by atoms with Crippen LogP contribution in [-0.2, 0) is 14.8 Å². The highest BCUT2D eigenvalue weighted by molar-refractivity contribution is 7.89. The van der Waals surface area contributed by atoms with E-state index in [1.807, 2.05) is 0 Å². The molecule has 0 bridgehead atoms. The van der Waals surface area contributed by atoms with Crippen molar-refractivity contribution < 1.29 is 13.2 Å². The lowest BCUT2D eigenvalue weighted by molar-refractivity contribution is 0.0730. The number of nitrogens with zero attached hydrogens (tertiary/aromatic N) is 1. The smallest absolute Gasteiger partial charge is 0.243 e. The molecular formula is C15H23N3O3S2. The van der Waals surface area contributed by atoms with E-state index in [2.05, 4.69) is 17.6 Å². The van der Waals surface area contributed by atoms with Gasteiger partial charge >= 0.3 is 0 Å². The second kappa shape index (κ2) is 8.58. The number of morpholine rings is 1. The molecule has 0 saturated carbocycles. The number of sulfonamides is 1. The van der Waals surface area contributed by atoms with Crippen molar-refractivity contribution in [3.8, 4) is 0 Å². The number of rotatable bonds is 6. The Morgan fingerprint density at radius 3 is 2.52 bits per heavy atom. The monoisotopic (exact) mass is 357 g/mol. The molecular weight excluding hydrogens is 334 g/mol. The van der Waals surface area contributed by atoms with E-state index < -0.39 is 10.0 Å². The minimum absolute atomic E-state index is 0.287. The number of hydrogen-bond acceptors (Lipinski definition) is 4. The SMILES string of the molecule is CCCCNC(=S)Nc1ccc(S(=O)(=O)N2CCOCC2)cc1. The fourth-order valence-corrected chi connectivity index (χ4v) is 3.83. The quantitative estimate of drug-likeness (QED) is 0.598. The zero-order chi connectivity index (χ0) is 16.7. The highest BCUT2D eigenvalue weighted by Gasteiger charge is 2.26. The van der Waals surface area contributed by atoms with Crippen molar-refractivity contribution in [3.63, 3.8) is 0 Å². The van der Waals surface area contributed by atoms with Gasteiger partial charge in [0.05, 0.1) is 18.1 Å². The van der Waals surface area contributed by atoms with Gasteiger partial charge in [-0.15, -0.1) is 0 Å². The first-order valence-corrected chi connectivity index (χ1v) is 9.61. The second-order valence-corrected chi connectivity index (χ2v) is 7.62. The Labute approximate surface area is 143 Å². The zero-order valence-corrected chi connectivity index (χ0v) is 14.9. The number of ether oxygens (including phenoxy) is 1. The van der Waals surface area contributed by atoms with Crippen molar-refractivity contribution in [2.24, 2.45) is 0 Å². The van der Waals surface area contributed by atoms with E-state index in [0.717, 1.165) is 25.1 Å². The summed E-state index contributed by atoms with van der Waals surface area (Å²) in [6.07, 6.45) is 2.16. The van der Waals surface area contributed by atoms with Crippen molar-refractivity contribution in [1.82, 2.24) is 9.62 Å². The summed E-state index contributed by atoms with van der Waals surface area (Å²) in [4.78, 5) is 0.287. The molecule has 1 aromatic rings. The van der Waals surface area contributed by atoms with Gasteiger partial charge < -0.3 is 15.4 Å². The van der Waals surface area contributed by atoms with Crippen molar-refractivity contribution in [3.05, 3.63) is 24.3 Å². The van der Waals surface area contributed by atoms with Crippen molar-refractivity contribution in [1.29, 1.82) is 0 Å². The Hall–Kier alpha value is -1.22. The van der Waals surface area contributed by atoms with E-state index in [1.54, 1.807) is 24.3 Å². The number of nitrogens with one attached hydrogen (secondary N) is 2. The van der Waals surface area contributed by atoms with Crippen LogP contribution in [-0.4, -0.2) is 50.7 Å². The highest BCUT2D eigenvalue weighted by Crippen LogP contribution is 2.19.